The smallest absolute Gasteiger partial charge is 0.122 e. The number of rotatable bonds is 0. The molecule has 0 aromatic heterocycles. The Morgan fingerprint density at radius 2 is 2.12 bits per heavy atom. The number of ether oxygens (including phenoxy) is 1. The quantitative estimate of drug-likeness (QED) is 0.487. The van der Waals surface area contributed by atoms with Crippen molar-refractivity contribution in [1.82, 2.24) is 10.4 Å². The molecule has 1 aliphatic heterocycles. The van der Waals surface area contributed by atoms with Gasteiger partial charge in [-0.2, -0.15) is 0 Å². The van der Waals surface area contributed by atoms with E-state index in [1.165, 1.54) is 0 Å². The van der Waals surface area contributed by atoms with Gasteiger partial charge in [0, 0.05) is 7.05 Å². The molecular formula is C5H12N2O. The second kappa shape index (κ2) is 2.01. The highest BCUT2D eigenvalue weighted by Crippen LogP contribution is 2.05. The van der Waals surface area contributed by atoms with Crippen molar-refractivity contribution in [1.29, 1.82) is 0 Å². The molecule has 1 aliphatic rings. The van der Waals surface area contributed by atoms with Gasteiger partial charge >= 0.3 is 0 Å². The van der Waals surface area contributed by atoms with E-state index in [-0.39, 0.29) is 12.5 Å². The predicted molar refractivity (Wildman–Crippen MR) is 30.9 cm³/mol. The lowest BCUT2D eigenvalue weighted by atomic mass is 10.6. The van der Waals surface area contributed by atoms with Crippen LogP contribution in [0.5, 0.6) is 0 Å². The molecule has 0 aliphatic carbocycles. The largest absolute Gasteiger partial charge is 0.343 e. The van der Waals surface area contributed by atoms with E-state index in [9.17, 15) is 0 Å². The first-order valence-corrected chi connectivity index (χ1v) is 2.84. The van der Waals surface area contributed by atoms with Crippen molar-refractivity contribution in [2.24, 2.45) is 0 Å². The molecule has 0 aromatic carbocycles. The number of nitrogens with one attached hydrogen (secondary N) is 1. The SMILES string of the molecule is CC1NN(C)C(C)O1. The van der Waals surface area contributed by atoms with Crippen molar-refractivity contribution < 1.29 is 4.74 Å². The van der Waals surface area contributed by atoms with E-state index in [2.05, 4.69) is 5.43 Å². The van der Waals surface area contributed by atoms with E-state index in [1.807, 2.05) is 25.9 Å². The summed E-state index contributed by atoms with van der Waals surface area (Å²) in [6.07, 6.45) is 0.389. The lowest BCUT2D eigenvalue weighted by molar-refractivity contribution is 0.0287. The maximum Gasteiger partial charge on any atom is 0.122 e. The summed E-state index contributed by atoms with van der Waals surface area (Å²) in [5, 5.41) is 1.95. The second-order valence-electron chi connectivity index (χ2n) is 2.12. The molecule has 0 amide bonds. The van der Waals surface area contributed by atoms with E-state index in [4.69, 9.17) is 4.74 Å². The molecule has 1 rings (SSSR count). The summed E-state index contributed by atoms with van der Waals surface area (Å²) in [5.74, 6) is 0. The Balaban J connectivity index is 2.39. The zero-order chi connectivity index (χ0) is 6.15. The number of nitrogens with zero attached hydrogens (tertiary/aromatic N) is 1. The van der Waals surface area contributed by atoms with Gasteiger partial charge in [0.05, 0.1) is 0 Å². The van der Waals surface area contributed by atoms with E-state index in [0.717, 1.165) is 0 Å². The molecule has 2 unspecified atom stereocenters. The molecule has 48 valence electrons. The fourth-order valence-corrected chi connectivity index (χ4v) is 0.809. The first kappa shape index (κ1) is 6.01. The highest BCUT2D eigenvalue weighted by Gasteiger charge is 2.21. The molecule has 1 saturated heterocycles. The number of hydrazine groups is 1. The van der Waals surface area contributed by atoms with Gasteiger partial charge in [-0.25, -0.2) is 10.4 Å². The third-order valence-electron chi connectivity index (χ3n) is 1.33. The summed E-state index contributed by atoms with van der Waals surface area (Å²) in [6.45, 7) is 4.00. The average molecular weight is 116 g/mol. The summed E-state index contributed by atoms with van der Waals surface area (Å²) in [7, 11) is 1.97. The molecule has 0 bridgehead atoms. The van der Waals surface area contributed by atoms with Gasteiger partial charge in [-0.15, -0.1) is 0 Å². The van der Waals surface area contributed by atoms with Crippen LogP contribution in [-0.4, -0.2) is 24.5 Å². The minimum Gasteiger partial charge on any atom is -0.343 e. The van der Waals surface area contributed by atoms with Crippen molar-refractivity contribution in [2.75, 3.05) is 7.05 Å². The Bertz CT molecular complexity index is 76.5. The fraction of sp³-hybridized carbons (Fsp3) is 1.00. The zero-order valence-electron chi connectivity index (χ0n) is 5.51. The van der Waals surface area contributed by atoms with Crippen molar-refractivity contribution in [2.45, 2.75) is 26.3 Å². The number of hydrogen-bond donors (Lipinski definition) is 1. The van der Waals surface area contributed by atoms with E-state index < -0.39 is 0 Å². The summed E-state index contributed by atoms with van der Waals surface area (Å²) < 4.78 is 5.29. The van der Waals surface area contributed by atoms with Gasteiger partial charge in [-0.3, -0.25) is 0 Å². The van der Waals surface area contributed by atoms with Crippen LogP contribution in [0.3, 0.4) is 0 Å². The molecule has 2 atom stereocenters. The minimum absolute atomic E-state index is 0.176. The molecule has 0 saturated carbocycles. The summed E-state index contributed by atoms with van der Waals surface area (Å²) in [5.41, 5.74) is 3.08. The maximum atomic E-state index is 5.29. The first-order chi connectivity index (χ1) is 3.70. The highest BCUT2D eigenvalue weighted by molar-refractivity contribution is 4.57. The summed E-state index contributed by atoms with van der Waals surface area (Å²) in [4.78, 5) is 0. The van der Waals surface area contributed by atoms with Gasteiger partial charge < -0.3 is 4.74 Å². The van der Waals surface area contributed by atoms with Crippen molar-refractivity contribution in [3.05, 3.63) is 0 Å². The van der Waals surface area contributed by atoms with Crippen LogP contribution in [0.2, 0.25) is 0 Å². The minimum atomic E-state index is 0.176. The van der Waals surface area contributed by atoms with Gasteiger partial charge in [-0.05, 0) is 13.8 Å². The molecule has 3 heteroatoms. The molecule has 8 heavy (non-hydrogen) atoms. The van der Waals surface area contributed by atoms with E-state index in [1.54, 1.807) is 0 Å². The Morgan fingerprint density at radius 1 is 1.50 bits per heavy atom. The summed E-state index contributed by atoms with van der Waals surface area (Å²) in [6, 6.07) is 0. The van der Waals surface area contributed by atoms with Crippen LogP contribution >= 0.6 is 0 Å². The van der Waals surface area contributed by atoms with Gasteiger partial charge in [0.1, 0.15) is 12.5 Å². The Kier molecular flexibility index (Phi) is 1.51. The van der Waals surface area contributed by atoms with Crippen LogP contribution in [0.15, 0.2) is 0 Å². The Morgan fingerprint density at radius 3 is 2.25 bits per heavy atom. The Hall–Kier alpha value is -0.120. The standard InChI is InChI=1S/C5H12N2O/c1-4-6-7(3)5(2)8-4/h4-6H,1-3H3. The lowest BCUT2D eigenvalue weighted by Gasteiger charge is -2.09. The molecule has 1 N–H and O–H groups in total. The lowest BCUT2D eigenvalue weighted by Crippen LogP contribution is -2.33. The second-order valence-corrected chi connectivity index (χ2v) is 2.12. The van der Waals surface area contributed by atoms with Crippen LogP contribution in [0.25, 0.3) is 0 Å². The fourth-order valence-electron chi connectivity index (χ4n) is 0.809. The van der Waals surface area contributed by atoms with Crippen LogP contribution in [0.4, 0.5) is 0 Å². The average Bonchev–Trinajstić information content (AvgIpc) is 1.85. The monoisotopic (exact) mass is 116 g/mol. The Labute approximate surface area is 49.6 Å². The van der Waals surface area contributed by atoms with Crippen molar-refractivity contribution in [3.63, 3.8) is 0 Å². The van der Waals surface area contributed by atoms with Gasteiger partial charge in [-0.1, -0.05) is 0 Å². The van der Waals surface area contributed by atoms with Crippen LogP contribution in [0.1, 0.15) is 13.8 Å². The molecule has 0 radical (unpaired) electrons. The normalized spacial score (nSPS) is 40.9. The maximum absolute atomic E-state index is 5.29. The molecule has 1 fully saturated rings. The van der Waals surface area contributed by atoms with Gasteiger partial charge in [0.25, 0.3) is 0 Å². The van der Waals surface area contributed by atoms with Crippen LogP contribution in [-0.2, 0) is 4.74 Å². The van der Waals surface area contributed by atoms with Crippen LogP contribution in [0, 0.1) is 0 Å². The first-order valence-electron chi connectivity index (χ1n) is 2.84. The van der Waals surface area contributed by atoms with E-state index >= 15 is 0 Å². The van der Waals surface area contributed by atoms with Crippen LogP contribution < -0.4 is 5.43 Å². The highest BCUT2D eigenvalue weighted by atomic mass is 16.6. The third kappa shape index (κ3) is 0.992. The van der Waals surface area contributed by atoms with Crippen molar-refractivity contribution in [3.8, 4) is 0 Å². The predicted octanol–water partition coefficient (Wildman–Crippen LogP) is 0.145. The topological polar surface area (TPSA) is 24.5 Å². The summed E-state index contributed by atoms with van der Waals surface area (Å²) >= 11 is 0. The molecular weight excluding hydrogens is 104 g/mol. The third-order valence-corrected chi connectivity index (χ3v) is 1.33. The molecule has 0 aromatic rings. The molecule has 0 spiro atoms. The van der Waals surface area contributed by atoms with Crippen molar-refractivity contribution >= 4 is 0 Å². The number of hydrogen-bond acceptors (Lipinski definition) is 3. The van der Waals surface area contributed by atoms with Gasteiger partial charge in [0.2, 0.25) is 0 Å². The van der Waals surface area contributed by atoms with E-state index in [0.29, 0.717) is 0 Å². The zero-order valence-corrected chi connectivity index (χ0v) is 5.51. The van der Waals surface area contributed by atoms with Gasteiger partial charge in [0.15, 0.2) is 0 Å². The molecule has 3 nitrogen and oxygen atoms in total. The molecule has 1 heterocycles.